The molecule has 0 aromatic carbocycles. The summed E-state index contributed by atoms with van der Waals surface area (Å²) in [6.07, 6.45) is 0. The average molecular weight is 317 g/mol. The van der Waals surface area contributed by atoms with E-state index in [1.54, 1.807) is 18.3 Å². The maximum atomic E-state index is 11.7. The smallest absolute Gasteiger partial charge is 0.211 e. The molecule has 0 aliphatic carbocycles. The van der Waals surface area contributed by atoms with Gasteiger partial charge < -0.3 is 4.90 Å². The van der Waals surface area contributed by atoms with E-state index in [4.69, 9.17) is 0 Å². The Hall–Kier alpha value is -0.470. The summed E-state index contributed by atoms with van der Waals surface area (Å²) < 4.78 is 26.1. The zero-order valence-corrected chi connectivity index (χ0v) is 13.7. The summed E-state index contributed by atoms with van der Waals surface area (Å²) in [4.78, 5) is 4.68. The minimum Gasteiger partial charge on any atom is -0.304 e. The van der Waals surface area contributed by atoms with Gasteiger partial charge in [-0.2, -0.15) is 11.3 Å². The maximum Gasteiger partial charge on any atom is 0.211 e. The highest BCUT2D eigenvalue weighted by atomic mass is 32.2. The first-order valence-corrected chi connectivity index (χ1v) is 9.53. The molecule has 1 saturated heterocycles. The number of piperazine rings is 1. The van der Waals surface area contributed by atoms with Crippen molar-refractivity contribution in [2.75, 3.05) is 45.5 Å². The fraction of sp³-hybridized carbons (Fsp3) is 0.692. The van der Waals surface area contributed by atoms with Gasteiger partial charge in [-0.3, -0.25) is 4.90 Å². The number of likely N-dealkylation sites (N-methyl/N-ethyl adjacent to an activating group) is 1. The SMILES string of the molecule is CCS(=O)(=O)NCC(c1ccsc1)N1CCN(C)CC1. The predicted molar refractivity (Wildman–Crippen MR) is 83.6 cm³/mol. The second kappa shape index (κ2) is 7.00. The van der Waals surface area contributed by atoms with Gasteiger partial charge in [0.1, 0.15) is 0 Å². The number of rotatable bonds is 6. The van der Waals surface area contributed by atoms with Crippen molar-refractivity contribution in [3.05, 3.63) is 22.4 Å². The lowest BCUT2D eigenvalue weighted by atomic mass is 10.1. The van der Waals surface area contributed by atoms with Gasteiger partial charge in [-0.15, -0.1) is 0 Å². The summed E-state index contributed by atoms with van der Waals surface area (Å²) in [5.74, 6) is 0.131. The molecule has 1 fully saturated rings. The van der Waals surface area contributed by atoms with Crippen LogP contribution in [0.25, 0.3) is 0 Å². The molecule has 7 heteroatoms. The molecule has 0 spiro atoms. The molecule has 1 unspecified atom stereocenters. The van der Waals surface area contributed by atoms with Crippen LogP contribution in [0.4, 0.5) is 0 Å². The molecule has 0 radical (unpaired) electrons. The van der Waals surface area contributed by atoms with Crippen molar-refractivity contribution in [2.45, 2.75) is 13.0 Å². The fourth-order valence-electron chi connectivity index (χ4n) is 2.36. The second-order valence-electron chi connectivity index (χ2n) is 5.16. The highest BCUT2D eigenvalue weighted by Crippen LogP contribution is 2.23. The lowest BCUT2D eigenvalue weighted by molar-refractivity contribution is 0.113. The van der Waals surface area contributed by atoms with Crippen LogP contribution in [0.15, 0.2) is 16.8 Å². The Morgan fingerprint density at radius 3 is 2.60 bits per heavy atom. The van der Waals surface area contributed by atoms with Crippen LogP contribution in [-0.4, -0.2) is 63.7 Å². The molecule has 2 rings (SSSR count). The van der Waals surface area contributed by atoms with Gasteiger partial charge >= 0.3 is 0 Å². The topological polar surface area (TPSA) is 52.7 Å². The van der Waals surface area contributed by atoms with Crippen LogP contribution in [0.1, 0.15) is 18.5 Å². The molecule has 114 valence electrons. The first kappa shape index (κ1) is 15.9. The van der Waals surface area contributed by atoms with Crippen LogP contribution in [0.3, 0.4) is 0 Å². The van der Waals surface area contributed by atoms with E-state index in [2.05, 4.69) is 33.0 Å². The molecule has 0 amide bonds. The van der Waals surface area contributed by atoms with Gasteiger partial charge in [-0.25, -0.2) is 13.1 Å². The summed E-state index contributed by atoms with van der Waals surface area (Å²) in [6.45, 7) is 6.13. The fourth-order valence-corrected chi connectivity index (χ4v) is 3.69. The number of hydrogen-bond acceptors (Lipinski definition) is 5. The predicted octanol–water partition coefficient (Wildman–Crippen LogP) is 0.976. The molecule has 2 heterocycles. The molecular formula is C13H23N3O2S2. The van der Waals surface area contributed by atoms with Crippen molar-refractivity contribution >= 4 is 21.4 Å². The summed E-state index contributed by atoms with van der Waals surface area (Å²) in [5.41, 5.74) is 1.21. The van der Waals surface area contributed by atoms with Crippen molar-refractivity contribution in [3.63, 3.8) is 0 Å². The highest BCUT2D eigenvalue weighted by molar-refractivity contribution is 7.89. The van der Waals surface area contributed by atoms with Gasteiger partial charge in [0, 0.05) is 38.8 Å². The van der Waals surface area contributed by atoms with E-state index in [0.29, 0.717) is 6.54 Å². The maximum absolute atomic E-state index is 11.7. The summed E-state index contributed by atoms with van der Waals surface area (Å²) in [6, 6.07) is 2.23. The summed E-state index contributed by atoms with van der Waals surface area (Å²) in [5, 5.41) is 4.16. The van der Waals surface area contributed by atoms with Gasteiger partial charge in [0.15, 0.2) is 0 Å². The molecule has 1 aliphatic rings. The Labute approximate surface area is 125 Å². The molecule has 0 saturated carbocycles. The number of sulfonamides is 1. The van der Waals surface area contributed by atoms with E-state index < -0.39 is 10.0 Å². The van der Waals surface area contributed by atoms with Crippen LogP contribution in [0.2, 0.25) is 0 Å². The van der Waals surface area contributed by atoms with E-state index in [1.165, 1.54) is 5.56 Å². The van der Waals surface area contributed by atoms with Crippen LogP contribution in [0.5, 0.6) is 0 Å². The number of nitrogens with zero attached hydrogens (tertiary/aromatic N) is 2. The van der Waals surface area contributed by atoms with Gasteiger partial charge in [-0.05, 0) is 36.4 Å². The summed E-state index contributed by atoms with van der Waals surface area (Å²) in [7, 11) is -1.02. The number of nitrogens with one attached hydrogen (secondary N) is 1. The minimum absolute atomic E-state index is 0.131. The normalized spacial score (nSPS) is 20.1. The molecule has 1 aliphatic heterocycles. The molecule has 1 aromatic rings. The standard InChI is InChI=1S/C13H23N3O2S2/c1-3-20(17,18)14-10-13(12-4-9-19-11-12)16-7-5-15(2)6-8-16/h4,9,11,13-14H,3,5-8,10H2,1-2H3. The Morgan fingerprint density at radius 1 is 1.35 bits per heavy atom. The average Bonchev–Trinajstić information content (AvgIpc) is 2.95. The molecule has 1 atom stereocenters. The van der Waals surface area contributed by atoms with Crippen molar-refractivity contribution < 1.29 is 8.42 Å². The van der Waals surface area contributed by atoms with Gasteiger partial charge in [0.2, 0.25) is 10.0 Å². The van der Waals surface area contributed by atoms with Crippen LogP contribution in [-0.2, 0) is 10.0 Å². The van der Waals surface area contributed by atoms with Crippen LogP contribution < -0.4 is 4.72 Å². The molecule has 1 N–H and O–H groups in total. The zero-order chi connectivity index (χ0) is 14.6. The highest BCUT2D eigenvalue weighted by Gasteiger charge is 2.25. The van der Waals surface area contributed by atoms with Crippen molar-refractivity contribution in [1.29, 1.82) is 0 Å². The van der Waals surface area contributed by atoms with E-state index in [9.17, 15) is 8.42 Å². The third-order valence-electron chi connectivity index (χ3n) is 3.78. The van der Waals surface area contributed by atoms with Crippen molar-refractivity contribution in [1.82, 2.24) is 14.5 Å². The Bertz CT molecular complexity index is 494. The molecule has 5 nitrogen and oxygen atoms in total. The van der Waals surface area contributed by atoms with Crippen molar-refractivity contribution in [2.24, 2.45) is 0 Å². The molecule has 0 bridgehead atoms. The Balaban J connectivity index is 2.06. The first-order chi connectivity index (χ1) is 9.52. The van der Waals surface area contributed by atoms with Crippen LogP contribution in [0, 0.1) is 0 Å². The zero-order valence-electron chi connectivity index (χ0n) is 12.1. The van der Waals surface area contributed by atoms with Gasteiger partial charge in [0.05, 0.1) is 5.75 Å². The molecule has 1 aromatic heterocycles. The van der Waals surface area contributed by atoms with E-state index in [1.807, 2.05) is 5.38 Å². The lowest BCUT2D eigenvalue weighted by Crippen LogP contribution is -2.48. The largest absolute Gasteiger partial charge is 0.304 e. The van der Waals surface area contributed by atoms with E-state index in [-0.39, 0.29) is 11.8 Å². The van der Waals surface area contributed by atoms with Crippen molar-refractivity contribution in [3.8, 4) is 0 Å². The van der Waals surface area contributed by atoms with Crippen LogP contribution >= 0.6 is 11.3 Å². The van der Waals surface area contributed by atoms with E-state index >= 15 is 0 Å². The molecule has 20 heavy (non-hydrogen) atoms. The first-order valence-electron chi connectivity index (χ1n) is 6.94. The van der Waals surface area contributed by atoms with Gasteiger partial charge in [-0.1, -0.05) is 0 Å². The Kier molecular flexibility index (Phi) is 5.57. The second-order valence-corrected chi connectivity index (χ2v) is 8.04. The number of thiophene rings is 1. The summed E-state index contributed by atoms with van der Waals surface area (Å²) >= 11 is 1.66. The number of hydrogen-bond donors (Lipinski definition) is 1. The quantitative estimate of drug-likeness (QED) is 0.850. The van der Waals surface area contributed by atoms with E-state index in [0.717, 1.165) is 26.2 Å². The van der Waals surface area contributed by atoms with Gasteiger partial charge in [0.25, 0.3) is 0 Å². The lowest BCUT2D eigenvalue weighted by Gasteiger charge is -2.37. The molecular weight excluding hydrogens is 294 g/mol. The minimum atomic E-state index is -3.14. The third kappa shape index (κ3) is 4.26. The Morgan fingerprint density at radius 2 is 2.05 bits per heavy atom. The third-order valence-corrected chi connectivity index (χ3v) is 5.85. The monoisotopic (exact) mass is 317 g/mol.